The second-order valence-corrected chi connectivity index (χ2v) is 7.48. The van der Waals surface area contributed by atoms with Crippen molar-refractivity contribution in [2.45, 2.75) is 45.3 Å². The van der Waals surface area contributed by atoms with Crippen LogP contribution in [0.15, 0.2) is 18.2 Å². The predicted molar refractivity (Wildman–Crippen MR) is 101 cm³/mol. The highest BCUT2D eigenvalue weighted by Crippen LogP contribution is 2.24. The molecule has 0 unspecified atom stereocenters. The van der Waals surface area contributed by atoms with Crippen molar-refractivity contribution in [3.05, 3.63) is 29.3 Å². The van der Waals surface area contributed by atoms with Crippen LogP contribution in [0.2, 0.25) is 0 Å². The Bertz CT molecular complexity index is 731. The van der Waals surface area contributed by atoms with Crippen LogP contribution in [0.4, 0.5) is 4.79 Å². The molecule has 1 fully saturated rings. The van der Waals surface area contributed by atoms with E-state index in [-0.39, 0.29) is 23.3 Å². The van der Waals surface area contributed by atoms with Gasteiger partial charge in [-0.15, -0.1) is 0 Å². The van der Waals surface area contributed by atoms with Gasteiger partial charge in [0.05, 0.1) is 25.3 Å². The highest BCUT2D eigenvalue weighted by atomic mass is 16.6. The van der Waals surface area contributed by atoms with Gasteiger partial charge in [-0.05, 0) is 39.0 Å². The van der Waals surface area contributed by atoms with E-state index in [1.807, 2.05) is 20.8 Å². The lowest BCUT2D eigenvalue weighted by atomic mass is 10.1. The third-order valence-electron chi connectivity index (χ3n) is 4.20. The third-order valence-corrected chi connectivity index (χ3v) is 4.20. The number of carbonyl (C=O) groups is 3. The van der Waals surface area contributed by atoms with Gasteiger partial charge in [0.15, 0.2) is 0 Å². The number of likely N-dealkylation sites (tertiary alicyclic amines) is 1. The van der Waals surface area contributed by atoms with Crippen LogP contribution in [0.5, 0.6) is 5.75 Å². The quantitative estimate of drug-likeness (QED) is 0.573. The number of hydrogen-bond donors (Lipinski definition) is 0. The van der Waals surface area contributed by atoms with Crippen molar-refractivity contribution in [3.63, 3.8) is 0 Å². The molecule has 0 atom stereocenters. The number of benzene rings is 1. The fourth-order valence-electron chi connectivity index (χ4n) is 2.84. The molecule has 8 nitrogen and oxygen atoms in total. The van der Waals surface area contributed by atoms with Gasteiger partial charge in [0, 0.05) is 25.9 Å². The molecule has 0 bridgehead atoms. The van der Waals surface area contributed by atoms with Crippen LogP contribution in [0, 0.1) is 0 Å². The van der Waals surface area contributed by atoms with Crippen LogP contribution in [-0.2, 0) is 14.2 Å². The van der Waals surface area contributed by atoms with Gasteiger partial charge in [-0.25, -0.2) is 14.4 Å². The summed E-state index contributed by atoms with van der Waals surface area (Å²) in [6.07, 6.45) is 0.811. The molecular formula is C20H27NO7. The fourth-order valence-corrected chi connectivity index (χ4v) is 2.84. The van der Waals surface area contributed by atoms with Crippen molar-refractivity contribution < 1.29 is 33.3 Å². The van der Waals surface area contributed by atoms with Crippen molar-refractivity contribution in [1.29, 1.82) is 0 Å². The predicted octanol–water partition coefficient (Wildman–Crippen LogP) is 3.04. The van der Waals surface area contributed by atoms with E-state index in [4.69, 9.17) is 18.9 Å². The molecule has 1 amide bonds. The summed E-state index contributed by atoms with van der Waals surface area (Å²) in [6, 6.07) is 4.56. The second-order valence-electron chi connectivity index (χ2n) is 7.48. The maximum absolute atomic E-state index is 12.1. The van der Waals surface area contributed by atoms with Crippen LogP contribution in [0.3, 0.4) is 0 Å². The number of nitrogens with zero attached hydrogens (tertiary/aromatic N) is 1. The van der Waals surface area contributed by atoms with E-state index in [0.717, 1.165) is 0 Å². The van der Waals surface area contributed by atoms with Crippen LogP contribution in [-0.4, -0.2) is 61.9 Å². The number of methoxy groups -OCH3 is 2. The lowest BCUT2D eigenvalue weighted by Crippen LogP contribution is -2.44. The number of carbonyl (C=O) groups excluding carboxylic acids is 3. The summed E-state index contributed by atoms with van der Waals surface area (Å²) in [4.78, 5) is 37.6. The highest BCUT2D eigenvalue weighted by Gasteiger charge is 2.28. The molecule has 2 rings (SSSR count). The zero-order chi connectivity index (χ0) is 20.9. The van der Waals surface area contributed by atoms with Crippen molar-refractivity contribution in [2.24, 2.45) is 0 Å². The standard InChI is InChI=1S/C20H27NO7/c1-20(2,3)28-19(24)21-10-8-13(9-11-21)27-14-6-7-15(17(22)25-4)16(12-14)18(23)26-5/h6-7,12-13H,8-11H2,1-5H3. The van der Waals surface area contributed by atoms with Gasteiger partial charge < -0.3 is 23.8 Å². The van der Waals surface area contributed by atoms with E-state index in [1.54, 1.807) is 11.0 Å². The summed E-state index contributed by atoms with van der Waals surface area (Å²) in [6.45, 7) is 6.53. The molecule has 1 aliphatic heterocycles. The average Bonchev–Trinajstić information content (AvgIpc) is 2.66. The van der Waals surface area contributed by atoms with Gasteiger partial charge in [0.25, 0.3) is 0 Å². The van der Waals surface area contributed by atoms with E-state index in [1.165, 1.54) is 26.4 Å². The molecule has 1 aliphatic rings. The first-order valence-electron chi connectivity index (χ1n) is 9.10. The summed E-state index contributed by atoms with van der Waals surface area (Å²) >= 11 is 0. The second kappa shape index (κ2) is 8.95. The number of esters is 2. The maximum atomic E-state index is 12.1. The highest BCUT2D eigenvalue weighted by molar-refractivity contribution is 6.03. The fraction of sp³-hybridized carbons (Fsp3) is 0.550. The molecule has 1 heterocycles. The van der Waals surface area contributed by atoms with Crippen LogP contribution in [0.25, 0.3) is 0 Å². The molecule has 1 aromatic carbocycles. The Morgan fingerprint density at radius 1 is 0.964 bits per heavy atom. The van der Waals surface area contributed by atoms with Crippen molar-refractivity contribution in [3.8, 4) is 5.75 Å². The monoisotopic (exact) mass is 393 g/mol. The van der Waals surface area contributed by atoms with Gasteiger partial charge in [0.2, 0.25) is 0 Å². The molecule has 0 N–H and O–H groups in total. The minimum absolute atomic E-state index is 0.0815. The Kier molecular flexibility index (Phi) is 6.88. The first-order valence-corrected chi connectivity index (χ1v) is 9.10. The maximum Gasteiger partial charge on any atom is 0.410 e. The molecule has 28 heavy (non-hydrogen) atoms. The Morgan fingerprint density at radius 2 is 1.54 bits per heavy atom. The third kappa shape index (κ3) is 5.61. The molecule has 1 saturated heterocycles. The van der Waals surface area contributed by atoms with Gasteiger partial charge >= 0.3 is 18.0 Å². The summed E-state index contributed by atoms with van der Waals surface area (Å²) in [7, 11) is 2.48. The van der Waals surface area contributed by atoms with E-state index in [9.17, 15) is 14.4 Å². The minimum Gasteiger partial charge on any atom is -0.490 e. The average molecular weight is 393 g/mol. The van der Waals surface area contributed by atoms with Crippen molar-refractivity contribution >= 4 is 18.0 Å². The Hall–Kier alpha value is -2.77. The molecule has 8 heteroatoms. The van der Waals surface area contributed by atoms with E-state index >= 15 is 0 Å². The number of rotatable bonds is 4. The molecule has 154 valence electrons. The van der Waals surface area contributed by atoms with Crippen molar-refractivity contribution in [2.75, 3.05) is 27.3 Å². The zero-order valence-corrected chi connectivity index (χ0v) is 16.9. The van der Waals surface area contributed by atoms with Gasteiger partial charge in [-0.1, -0.05) is 0 Å². The first kappa shape index (κ1) is 21.5. The molecule has 0 aromatic heterocycles. The van der Waals surface area contributed by atoms with E-state index in [2.05, 4.69) is 0 Å². The molecule has 0 spiro atoms. The number of ether oxygens (including phenoxy) is 4. The van der Waals surface area contributed by atoms with E-state index < -0.39 is 17.5 Å². The molecule has 0 saturated carbocycles. The van der Waals surface area contributed by atoms with Gasteiger partial charge in [-0.3, -0.25) is 0 Å². The number of hydrogen-bond acceptors (Lipinski definition) is 7. The smallest absolute Gasteiger partial charge is 0.410 e. The summed E-state index contributed by atoms with van der Waals surface area (Å²) in [5.41, 5.74) is -0.338. The van der Waals surface area contributed by atoms with Gasteiger partial charge in [0.1, 0.15) is 17.5 Å². The molecule has 0 radical (unpaired) electrons. The molecule has 0 aliphatic carbocycles. The van der Waals surface area contributed by atoms with Crippen LogP contribution < -0.4 is 4.74 Å². The Labute approximate surface area is 164 Å². The topological polar surface area (TPSA) is 91.4 Å². The largest absolute Gasteiger partial charge is 0.490 e. The lowest BCUT2D eigenvalue weighted by molar-refractivity contribution is 0.0126. The lowest BCUT2D eigenvalue weighted by Gasteiger charge is -2.33. The Balaban J connectivity index is 2.02. The van der Waals surface area contributed by atoms with Crippen LogP contribution in [0.1, 0.15) is 54.3 Å². The number of piperidine rings is 1. The van der Waals surface area contributed by atoms with Crippen LogP contribution >= 0.6 is 0 Å². The summed E-state index contributed by atoms with van der Waals surface area (Å²) in [5.74, 6) is -0.827. The SMILES string of the molecule is COC(=O)c1ccc(OC2CCN(C(=O)OC(C)(C)C)CC2)cc1C(=O)OC. The Morgan fingerprint density at radius 3 is 2.07 bits per heavy atom. The number of amides is 1. The first-order chi connectivity index (χ1) is 13.1. The minimum atomic E-state index is -0.648. The summed E-state index contributed by atoms with van der Waals surface area (Å²) in [5, 5.41) is 0. The zero-order valence-electron chi connectivity index (χ0n) is 16.9. The normalized spacial score (nSPS) is 15.0. The molecule has 1 aromatic rings. The molecular weight excluding hydrogens is 366 g/mol. The van der Waals surface area contributed by atoms with Crippen molar-refractivity contribution in [1.82, 2.24) is 4.90 Å². The summed E-state index contributed by atoms with van der Waals surface area (Å²) < 4.78 is 20.8. The van der Waals surface area contributed by atoms with Gasteiger partial charge in [-0.2, -0.15) is 0 Å². The van der Waals surface area contributed by atoms with E-state index in [0.29, 0.717) is 31.7 Å².